The molecule has 116 valence electrons. The Labute approximate surface area is 120 Å². The van der Waals surface area contributed by atoms with Crippen LogP contribution in [0, 0.1) is 14.0 Å². The van der Waals surface area contributed by atoms with Crippen LogP contribution >= 0.6 is 0 Å². The minimum Gasteiger partial charge on any atom is -0.636 e. The van der Waals surface area contributed by atoms with E-state index in [0.717, 1.165) is 0 Å². The van der Waals surface area contributed by atoms with Crippen LogP contribution in [0.15, 0.2) is 0 Å². The molecule has 0 saturated heterocycles. The maximum Gasteiger partial charge on any atom is 2.00 e. The molecule has 0 aliphatic carbocycles. The van der Waals surface area contributed by atoms with Gasteiger partial charge in [-0.05, 0) is 0 Å². The summed E-state index contributed by atoms with van der Waals surface area (Å²) in [4.78, 5) is 10.0. The number of ether oxygens (including phenoxy) is 1. The molecule has 0 amide bonds. The molecule has 2 nitrogen and oxygen atoms in total. The van der Waals surface area contributed by atoms with Gasteiger partial charge in [-0.15, -0.1) is 0 Å². The van der Waals surface area contributed by atoms with Crippen LogP contribution < -0.4 is 0 Å². The molecular formula is C8H7F9O2Zn. The van der Waals surface area contributed by atoms with Gasteiger partial charge in [0.2, 0.25) is 0 Å². The van der Waals surface area contributed by atoms with Gasteiger partial charge in [0.1, 0.15) is 0 Å². The Hall–Kier alpha value is -0.537. The van der Waals surface area contributed by atoms with Crippen LogP contribution in [0.4, 0.5) is 39.5 Å². The SMILES string of the molecule is [CH2-]C.[CH2-]OC(=O)C(F)(F)C(F)(F)C(F)(F)C(F)(F)F.[Zn+2]. The van der Waals surface area contributed by atoms with Crippen molar-refractivity contribution in [1.82, 2.24) is 0 Å². The van der Waals surface area contributed by atoms with E-state index in [2.05, 4.69) is 11.7 Å². The number of halogens is 9. The van der Waals surface area contributed by atoms with Crippen LogP contribution in [-0.2, 0) is 29.0 Å². The van der Waals surface area contributed by atoms with Crippen molar-refractivity contribution >= 4 is 5.97 Å². The Morgan fingerprint density at radius 2 is 1.15 bits per heavy atom. The summed E-state index contributed by atoms with van der Waals surface area (Å²) >= 11 is 0. The van der Waals surface area contributed by atoms with E-state index in [0.29, 0.717) is 0 Å². The molecule has 0 atom stereocenters. The standard InChI is InChI=1S/C6H2F9O2.C2H5.Zn/c1-17-2(16)3(7,8)4(9,10)5(11,12)6(13,14)15;1-2;/h1H2;1H2,2H3;/q2*-1;+2. The first-order chi connectivity index (χ1) is 8.23. The molecule has 0 heterocycles. The number of rotatable bonds is 3. The Morgan fingerprint density at radius 1 is 0.850 bits per heavy atom. The number of hydrogen-bond donors (Lipinski definition) is 0. The number of carbonyl (C=O) groups is 1. The molecule has 0 bridgehead atoms. The molecular weight excluding hydrogens is 364 g/mol. The fourth-order valence-electron chi connectivity index (χ4n) is 0.594. The zero-order valence-electron chi connectivity index (χ0n) is 9.84. The van der Waals surface area contributed by atoms with Gasteiger partial charge in [-0.1, -0.05) is 0 Å². The second-order valence-corrected chi connectivity index (χ2v) is 2.65. The summed E-state index contributed by atoms with van der Waals surface area (Å²) in [6.07, 6.45) is -6.97. The number of alkyl halides is 9. The average molecular weight is 372 g/mol. The largest absolute Gasteiger partial charge is 2.00 e. The van der Waals surface area contributed by atoms with Gasteiger partial charge in [0.15, 0.2) is 0 Å². The molecule has 0 aliphatic heterocycles. The maximum absolute atomic E-state index is 12.4. The second-order valence-electron chi connectivity index (χ2n) is 2.65. The first kappa shape index (κ1) is 24.5. The van der Waals surface area contributed by atoms with E-state index in [-0.39, 0.29) is 19.5 Å². The van der Waals surface area contributed by atoms with Crippen molar-refractivity contribution in [3.63, 3.8) is 0 Å². The van der Waals surface area contributed by atoms with Gasteiger partial charge in [-0.3, -0.25) is 0 Å². The van der Waals surface area contributed by atoms with Crippen LogP contribution in [0.1, 0.15) is 6.92 Å². The van der Waals surface area contributed by atoms with E-state index >= 15 is 0 Å². The summed E-state index contributed by atoms with van der Waals surface area (Å²) in [5.41, 5.74) is 0. The van der Waals surface area contributed by atoms with Crippen LogP contribution in [0.2, 0.25) is 0 Å². The summed E-state index contributed by atoms with van der Waals surface area (Å²) in [5.74, 6) is -23.8. The van der Waals surface area contributed by atoms with Crippen LogP contribution in [0.5, 0.6) is 0 Å². The van der Waals surface area contributed by atoms with Gasteiger partial charge >= 0.3 is 49.4 Å². The second kappa shape index (κ2) is 7.47. The Balaban J connectivity index is -0.000000916. The van der Waals surface area contributed by atoms with E-state index in [1.165, 1.54) is 0 Å². The van der Waals surface area contributed by atoms with E-state index in [4.69, 9.17) is 0 Å². The van der Waals surface area contributed by atoms with Crippen molar-refractivity contribution in [2.75, 3.05) is 0 Å². The molecule has 0 rings (SSSR count). The third kappa shape index (κ3) is 3.99. The summed E-state index contributed by atoms with van der Waals surface area (Å²) in [6.45, 7) is 5.00. The Kier molecular flexibility index (Phi) is 9.14. The third-order valence-electron chi connectivity index (χ3n) is 1.53. The van der Waals surface area contributed by atoms with E-state index in [1.54, 1.807) is 6.92 Å². The predicted molar refractivity (Wildman–Crippen MR) is 43.4 cm³/mol. The first-order valence-electron chi connectivity index (χ1n) is 4.10. The monoisotopic (exact) mass is 370 g/mol. The van der Waals surface area contributed by atoms with Gasteiger partial charge < -0.3 is 11.7 Å². The van der Waals surface area contributed by atoms with E-state index in [1.807, 2.05) is 7.11 Å². The number of carbonyl (C=O) groups excluding carboxylic acids is 1. The van der Waals surface area contributed by atoms with Crippen molar-refractivity contribution in [3.05, 3.63) is 14.0 Å². The predicted octanol–water partition coefficient (Wildman–Crippen LogP) is 3.63. The molecule has 20 heavy (non-hydrogen) atoms. The van der Waals surface area contributed by atoms with Crippen molar-refractivity contribution in [2.45, 2.75) is 30.9 Å². The fraction of sp³-hybridized carbons (Fsp3) is 0.625. The Bertz CT molecular complexity index is 314. The molecule has 0 saturated carbocycles. The van der Waals surface area contributed by atoms with Crippen molar-refractivity contribution in [1.29, 1.82) is 0 Å². The zero-order chi connectivity index (χ0) is 16.3. The molecule has 0 N–H and O–H groups in total. The summed E-state index contributed by atoms with van der Waals surface area (Å²) in [5, 5.41) is 0. The summed E-state index contributed by atoms with van der Waals surface area (Å²) in [6, 6.07) is 0. The van der Waals surface area contributed by atoms with Gasteiger partial charge in [-0.25, -0.2) is 4.79 Å². The smallest absolute Gasteiger partial charge is 0.636 e. The first-order valence-corrected chi connectivity index (χ1v) is 4.10. The molecule has 0 unspecified atom stereocenters. The quantitative estimate of drug-likeness (QED) is 0.328. The number of hydrogen-bond acceptors (Lipinski definition) is 2. The van der Waals surface area contributed by atoms with Crippen molar-refractivity contribution < 1.29 is 68.5 Å². The minimum atomic E-state index is -7.11. The van der Waals surface area contributed by atoms with Crippen LogP contribution in [0.25, 0.3) is 0 Å². The zero-order valence-corrected chi connectivity index (χ0v) is 12.8. The van der Waals surface area contributed by atoms with Crippen molar-refractivity contribution in [2.24, 2.45) is 0 Å². The van der Waals surface area contributed by atoms with E-state index < -0.39 is 29.9 Å². The minimum absolute atomic E-state index is 0. The average Bonchev–Trinajstić information content (AvgIpc) is 2.28. The topological polar surface area (TPSA) is 26.3 Å². The van der Waals surface area contributed by atoms with Gasteiger partial charge in [-0.2, -0.15) is 53.5 Å². The molecule has 12 heteroatoms. The molecule has 0 aromatic heterocycles. The molecule has 0 radical (unpaired) electrons. The maximum atomic E-state index is 12.4. The van der Waals surface area contributed by atoms with Gasteiger partial charge in [0, 0.05) is 0 Å². The molecule has 0 spiro atoms. The molecule has 0 aromatic rings. The third-order valence-corrected chi connectivity index (χ3v) is 1.53. The van der Waals surface area contributed by atoms with Gasteiger partial charge in [0.25, 0.3) is 0 Å². The van der Waals surface area contributed by atoms with Crippen LogP contribution in [0.3, 0.4) is 0 Å². The van der Waals surface area contributed by atoms with Crippen LogP contribution in [-0.4, -0.2) is 29.9 Å². The summed E-state index contributed by atoms with van der Waals surface area (Å²) < 4.78 is 111. The molecule has 0 aliphatic rings. The molecule has 0 aromatic carbocycles. The molecule has 0 fully saturated rings. The fourth-order valence-corrected chi connectivity index (χ4v) is 0.594. The van der Waals surface area contributed by atoms with Gasteiger partial charge in [0.05, 0.1) is 0 Å². The normalized spacial score (nSPS) is 12.8. The number of esters is 1. The van der Waals surface area contributed by atoms with Crippen molar-refractivity contribution in [3.8, 4) is 0 Å². The summed E-state index contributed by atoms with van der Waals surface area (Å²) in [7, 11) is 1.92. The Morgan fingerprint density at radius 3 is 1.35 bits per heavy atom. The van der Waals surface area contributed by atoms with E-state index in [9.17, 15) is 44.3 Å².